The molecule has 0 atom stereocenters. The monoisotopic (exact) mass is 235 g/mol. The third kappa shape index (κ3) is 2.62. The molecule has 17 heavy (non-hydrogen) atoms. The molecule has 2 rings (SSSR count). The Morgan fingerprint density at radius 2 is 2.18 bits per heavy atom. The molecular formula is C12H13NO4. The number of aliphatic hydroxyl groups excluding tert-OH is 1. The van der Waals surface area contributed by atoms with Crippen LogP contribution in [0.4, 0.5) is 0 Å². The van der Waals surface area contributed by atoms with Crippen LogP contribution in [-0.2, 0) is 6.42 Å². The number of aliphatic hydroxyl groups is 1. The van der Waals surface area contributed by atoms with Crippen molar-refractivity contribution in [3.05, 3.63) is 29.7 Å². The van der Waals surface area contributed by atoms with Crippen molar-refractivity contribution < 1.29 is 19.4 Å². The molecular weight excluding hydrogens is 222 g/mol. The van der Waals surface area contributed by atoms with Crippen molar-refractivity contribution >= 4 is 17.1 Å². The fourth-order valence-electron chi connectivity index (χ4n) is 1.60. The van der Waals surface area contributed by atoms with Gasteiger partial charge in [-0.1, -0.05) is 0 Å². The first-order chi connectivity index (χ1) is 8.20. The summed E-state index contributed by atoms with van der Waals surface area (Å²) in [7, 11) is 0. The SMILES string of the molecule is O=C(O)c1ccc2nc(CCCCO)oc2c1. The van der Waals surface area contributed by atoms with Crippen LogP contribution < -0.4 is 0 Å². The summed E-state index contributed by atoms with van der Waals surface area (Å²) in [4.78, 5) is 15.0. The number of unbranched alkanes of at least 4 members (excludes halogenated alkanes) is 1. The lowest BCUT2D eigenvalue weighted by atomic mass is 10.2. The van der Waals surface area contributed by atoms with E-state index in [2.05, 4.69) is 4.98 Å². The van der Waals surface area contributed by atoms with Gasteiger partial charge in [-0.15, -0.1) is 0 Å². The molecule has 0 aliphatic heterocycles. The highest BCUT2D eigenvalue weighted by atomic mass is 16.4. The standard InChI is InChI=1S/C12H13NO4/c14-6-2-1-3-11-13-9-5-4-8(12(15)16)7-10(9)17-11/h4-5,7,14H,1-3,6H2,(H,15,16). The average Bonchev–Trinajstić information content (AvgIpc) is 2.70. The van der Waals surface area contributed by atoms with Crippen LogP contribution in [-0.4, -0.2) is 27.8 Å². The molecule has 2 aromatic rings. The zero-order valence-electron chi connectivity index (χ0n) is 9.22. The van der Waals surface area contributed by atoms with Gasteiger partial charge in [0, 0.05) is 13.0 Å². The second-order valence-electron chi connectivity index (χ2n) is 3.78. The molecule has 90 valence electrons. The minimum atomic E-state index is -0.981. The van der Waals surface area contributed by atoms with Crippen LogP contribution >= 0.6 is 0 Å². The zero-order valence-corrected chi connectivity index (χ0v) is 9.22. The van der Waals surface area contributed by atoms with Crippen LogP contribution in [0.25, 0.3) is 11.1 Å². The Balaban J connectivity index is 2.21. The number of oxazole rings is 1. The quantitative estimate of drug-likeness (QED) is 0.772. The van der Waals surface area contributed by atoms with Gasteiger partial charge < -0.3 is 14.6 Å². The summed E-state index contributed by atoms with van der Waals surface area (Å²) in [6.07, 6.45) is 2.16. The molecule has 5 nitrogen and oxygen atoms in total. The molecule has 0 amide bonds. The van der Waals surface area contributed by atoms with Gasteiger partial charge in [-0.05, 0) is 31.0 Å². The summed E-state index contributed by atoms with van der Waals surface area (Å²) >= 11 is 0. The Hall–Kier alpha value is -1.88. The highest BCUT2D eigenvalue weighted by Gasteiger charge is 2.09. The van der Waals surface area contributed by atoms with Gasteiger partial charge in [0.05, 0.1) is 5.56 Å². The van der Waals surface area contributed by atoms with E-state index in [1.807, 2.05) is 0 Å². The van der Waals surface area contributed by atoms with Gasteiger partial charge in [-0.25, -0.2) is 9.78 Å². The fraction of sp³-hybridized carbons (Fsp3) is 0.333. The largest absolute Gasteiger partial charge is 0.478 e. The molecule has 0 aliphatic carbocycles. The maximum atomic E-state index is 10.8. The van der Waals surface area contributed by atoms with Crippen LogP contribution in [0.3, 0.4) is 0 Å². The summed E-state index contributed by atoms with van der Waals surface area (Å²) in [5.74, 6) is -0.402. The van der Waals surface area contributed by atoms with Gasteiger partial charge in [0.15, 0.2) is 11.5 Å². The van der Waals surface area contributed by atoms with E-state index in [0.29, 0.717) is 29.8 Å². The van der Waals surface area contributed by atoms with Crippen LogP contribution in [0, 0.1) is 0 Å². The molecule has 0 fully saturated rings. The number of fused-ring (bicyclic) bond motifs is 1. The van der Waals surface area contributed by atoms with Crippen molar-refractivity contribution in [1.82, 2.24) is 4.98 Å². The molecule has 1 aromatic carbocycles. The summed E-state index contributed by atoms with van der Waals surface area (Å²) in [6.45, 7) is 0.156. The molecule has 0 saturated carbocycles. The lowest BCUT2D eigenvalue weighted by Gasteiger charge is -1.92. The third-order valence-corrected chi connectivity index (χ3v) is 2.48. The van der Waals surface area contributed by atoms with Gasteiger partial charge in [0.2, 0.25) is 0 Å². The number of benzene rings is 1. The van der Waals surface area contributed by atoms with Crippen LogP contribution in [0.5, 0.6) is 0 Å². The van der Waals surface area contributed by atoms with Crippen LogP contribution in [0.2, 0.25) is 0 Å². The zero-order chi connectivity index (χ0) is 12.3. The van der Waals surface area contributed by atoms with E-state index in [1.54, 1.807) is 6.07 Å². The molecule has 0 unspecified atom stereocenters. The number of carbonyl (C=O) groups is 1. The van der Waals surface area contributed by atoms with E-state index < -0.39 is 5.97 Å². The predicted octanol–water partition coefficient (Wildman–Crippen LogP) is 1.84. The minimum Gasteiger partial charge on any atom is -0.478 e. The van der Waals surface area contributed by atoms with E-state index in [-0.39, 0.29) is 12.2 Å². The molecule has 0 spiro atoms. The summed E-state index contributed by atoms with van der Waals surface area (Å²) in [5.41, 5.74) is 1.34. The van der Waals surface area contributed by atoms with E-state index in [0.717, 1.165) is 6.42 Å². The number of hydrogen-bond acceptors (Lipinski definition) is 4. The van der Waals surface area contributed by atoms with Gasteiger partial charge >= 0.3 is 5.97 Å². The van der Waals surface area contributed by atoms with E-state index in [1.165, 1.54) is 12.1 Å². The second-order valence-corrected chi connectivity index (χ2v) is 3.78. The number of carboxylic acids is 1. The van der Waals surface area contributed by atoms with Crippen molar-refractivity contribution in [1.29, 1.82) is 0 Å². The fourth-order valence-corrected chi connectivity index (χ4v) is 1.60. The number of nitrogens with zero attached hydrogens (tertiary/aromatic N) is 1. The average molecular weight is 235 g/mol. The van der Waals surface area contributed by atoms with Crippen molar-refractivity contribution in [2.24, 2.45) is 0 Å². The Kier molecular flexibility index (Phi) is 3.39. The van der Waals surface area contributed by atoms with Gasteiger partial charge in [0.25, 0.3) is 0 Å². The Bertz CT molecular complexity index is 532. The summed E-state index contributed by atoms with van der Waals surface area (Å²) < 4.78 is 5.45. The third-order valence-electron chi connectivity index (χ3n) is 2.48. The number of aryl methyl sites for hydroxylation is 1. The molecule has 0 saturated heterocycles. The van der Waals surface area contributed by atoms with Crippen molar-refractivity contribution in [3.8, 4) is 0 Å². The lowest BCUT2D eigenvalue weighted by molar-refractivity contribution is 0.0697. The smallest absolute Gasteiger partial charge is 0.335 e. The molecule has 1 heterocycles. The van der Waals surface area contributed by atoms with E-state index in [9.17, 15) is 4.79 Å². The predicted molar refractivity (Wildman–Crippen MR) is 61.0 cm³/mol. The molecule has 2 N–H and O–H groups in total. The Labute approximate surface area is 97.7 Å². The van der Waals surface area contributed by atoms with Crippen LogP contribution in [0.15, 0.2) is 22.6 Å². The van der Waals surface area contributed by atoms with E-state index in [4.69, 9.17) is 14.6 Å². The first-order valence-electron chi connectivity index (χ1n) is 5.44. The number of aromatic carboxylic acids is 1. The maximum Gasteiger partial charge on any atom is 0.335 e. The van der Waals surface area contributed by atoms with Crippen LogP contribution in [0.1, 0.15) is 29.1 Å². The number of hydrogen-bond donors (Lipinski definition) is 2. The minimum absolute atomic E-state index is 0.156. The summed E-state index contributed by atoms with van der Waals surface area (Å²) in [5, 5.41) is 17.5. The maximum absolute atomic E-state index is 10.8. The molecule has 0 bridgehead atoms. The number of aromatic nitrogens is 1. The Morgan fingerprint density at radius 1 is 1.35 bits per heavy atom. The summed E-state index contributed by atoms with van der Waals surface area (Å²) in [6, 6.07) is 4.61. The first-order valence-corrected chi connectivity index (χ1v) is 5.44. The topological polar surface area (TPSA) is 83.6 Å². The lowest BCUT2D eigenvalue weighted by Crippen LogP contribution is -1.94. The van der Waals surface area contributed by atoms with Gasteiger partial charge in [-0.3, -0.25) is 0 Å². The van der Waals surface area contributed by atoms with Gasteiger partial charge in [-0.2, -0.15) is 0 Å². The normalized spacial score (nSPS) is 10.9. The molecule has 0 radical (unpaired) electrons. The highest BCUT2D eigenvalue weighted by molar-refractivity contribution is 5.91. The van der Waals surface area contributed by atoms with Gasteiger partial charge in [0.1, 0.15) is 5.52 Å². The highest BCUT2D eigenvalue weighted by Crippen LogP contribution is 2.18. The number of carboxylic acid groups (broad SMARTS) is 1. The molecule has 5 heteroatoms. The Morgan fingerprint density at radius 3 is 2.88 bits per heavy atom. The first kappa shape index (κ1) is 11.6. The number of rotatable bonds is 5. The molecule has 0 aliphatic rings. The van der Waals surface area contributed by atoms with E-state index >= 15 is 0 Å². The van der Waals surface area contributed by atoms with Crippen molar-refractivity contribution in [2.75, 3.05) is 6.61 Å². The molecule has 1 aromatic heterocycles. The second kappa shape index (κ2) is 4.97. The van der Waals surface area contributed by atoms with Crippen molar-refractivity contribution in [2.45, 2.75) is 19.3 Å². The van der Waals surface area contributed by atoms with Crippen molar-refractivity contribution in [3.63, 3.8) is 0 Å².